The molecule has 0 aliphatic carbocycles. The van der Waals surface area contributed by atoms with E-state index in [1.165, 1.54) is 0 Å². The van der Waals surface area contributed by atoms with Gasteiger partial charge in [0, 0.05) is 0 Å². The molecular formula is C6H6BrClO. The Balaban J connectivity index is 2.85. The van der Waals surface area contributed by atoms with E-state index in [0.29, 0.717) is 0 Å². The number of hydrogen-bond acceptors (Lipinski definition) is 1. The average molecular weight is 209 g/mol. The van der Waals surface area contributed by atoms with Gasteiger partial charge in [0.05, 0.1) is 5.38 Å². The number of furan rings is 1. The first kappa shape index (κ1) is 7.16. The Hall–Kier alpha value is 0.0500. The molecule has 1 nitrogen and oxygen atoms in total. The molecule has 0 aliphatic heterocycles. The zero-order valence-corrected chi connectivity index (χ0v) is 7.24. The smallest absolute Gasteiger partial charge is 0.169 e. The summed E-state index contributed by atoms with van der Waals surface area (Å²) < 4.78 is 5.86. The van der Waals surface area contributed by atoms with Crippen LogP contribution in [0.5, 0.6) is 0 Å². The highest BCUT2D eigenvalue weighted by Gasteiger charge is 2.04. The van der Waals surface area contributed by atoms with Crippen LogP contribution in [0.25, 0.3) is 0 Å². The minimum absolute atomic E-state index is 0.0451. The Morgan fingerprint density at radius 3 is 2.56 bits per heavy atom. The average Bonchev–Trinajstić information content (AvgIpc) is 2.14. The Kier molecular flexibility index (Phi) is 2.19. The Morgan fingerprint density at radius 2 is 2.33 bits per heavy atom. The summed E-state index contributed by atoms with van der Waals surface area (Å²) in [6.07, 6.45) is 0. The fraction of sp³-hybridized carbons (Fsp3) is 0.333. The van der Waals surface area contributed by atoms with Gasteiger partial charge in [0.15, 0.2) is 4.67 Å². The second-order valence-corrected chi connectivity index (χ2v) is 3.19. The summed E-state index contributed by atoms with van der Waals surface area (Å²) in [5.74, 6) is 0.795. The van der Waals surface area contributed by atoms with Crippen molar-refractivity contribution in [3.05, 3.63) is 22.6 Å². The monoisotopic (exact) mass is 208 g/mol. The van der Waals surface area contributed by atoms with E-state index < -0.39 is 0 Å². The minimum atomic E-state index is -0.0451. The summed E-state index contributed by atoms with van der Waals surface area (Å²) >= 11 is 8.88. The first-order chi connectivity index (χ1) is 4.20. The van der Waals surface area contributed by atoms with Gasteiger partial charge in [0.25, 0.3) is 0 Å². The third-order valence-corrected chi connectivity index (χ3v) is 1.63. The largest absolute Gasteiger partial charge is 0.453 e. The second-order valence-electron chi connectivity index (χ2n) is 1.76. The fourth-order valence-corrected chi connectivity index (χ4v) is 0.978. The molecule has 50 valence electrons. The Morgan fingerprint density at radius 1 is 1.67 bits per heavy atom. The van der Waals surface area contributed by atoms with Gasteiger partial charge in [0.2, 0.25) is 0 Å². The van der Waals surface area contributed by atoms with E-state index in [-0.39, 0.29) is 5.38 Å². The maximum absolute atomic E-state index is 5.70. The molecule has 1 aromatic rings. The molecule has 0 spiro atoms. The first-order valence-electron chi connectivity index (χ1n) is 2.59. The molecule has 9 heavy (non-hydrogen) atoms. The molecule has 1 rings (SSSR count). The molecule has 1 atom stereocenters. The van der Waals surface area contributed by atoms with Crippen LogP contribution in [0.2, 0.25) is 0 Å². The zero-order valence-electron chi connectivity index (χ0n) is 4.90. The van der Waals surface area contributed by atoms with E-state index >= 15 is 0 Å². The van der Waals surface area contributed by atoms with Crippen molar-refractivity contribution in [3.8, 4) is 0 Å². The Bertz CT molecular complexity index is 195. The van der Waals surface area contributed by atoms with Gasteiger partial charge in [-0.3, -0.25) is 0 Å². The summed E-state index contributed by atoms with van der Waals surface area (Å²) in [7, 11) is 0. The molecule has 1 unspecified atom stereocenters. The highest BCUT2D eigenvalue weighted by Crippen LogP contribution is 2.23. The second kappa shape index (κ2) is 2.76. The summed E-state index contributed by atoms with van der Waals surface area (Å²) in [5.41, 5.74) is 0. The van der Waals surface area contributed by atoms with Crippen LogP contribution in [0.15, 0.2) is 21.2 Å². The van der Waals surface area contributed by atoms with Crippen LogP contribution in [-0.4, -0.2) is 0 Å². The quantitative estimate of drug-likeness (QED) is 0.647. The molecule has 0 N–H and O–H groups in total. The van der Waals surface area contributed by atoms with Crippen LogP contribution in [0.3, 0.4) is 0 Å². The molecule has 3 heteroatoms. The number of halogens is 2. The number of hydrogen-bond donors (Lipinski definition) is 0. The van der Waals surface area contributed by atoms with Crippen LogP contribution >= 0.6 is 27.5 Å². The predicted octanol–water partition coefficient (Wildman–Crippen LogP) is 3.34. The van der Waals surface area contributed by atoms with Crippen molar-refractivity contribution in [1.29, 1.82) is 0 Å². The van der Waals surface area contributed by atoms with Crippen molar-refractivity contribution in [2.24, 2.45) is 0 Å². The molecule has 0 amide bonds. The van der Waals surface area contributed by atoms with Crippen molar-refractivity contribution in [3.63, 3.8) is 0 Å². The van der Waals surface area contributed by atoms with Gasteiger partial charge in [-0.25, -0.2) is 0 Å². The van der Waals surface area contributed by atoms with Crippen LogP contribution in [0.1, 0.15) is 18.1 Å². The molecular weight excluding hydrogens is 203 g/mol. The normalized spacial score (nSPS) is 13.7. The summed E-state index contributed by atoms with van der Waals surface area (Å²) in [5, 5.41) is -0.0451. The fourth-order valence-electron chi connectivity index (χ4n) is 0.542. The van der Waals surface area contributed by atoms with Gasteiger partial charge < -0.3 is 4.42 Å². The van der Waals surface area contributed by atoms with E-state index in [1.807, 2.05) is 19.1 Å². The molecule has 0 saturated carbocycles. The van der Waals surface area contributed by atoms with E-state index in [2.05, 4.69) is 15.9 Å². The van der Waals surface area contributed by atoms with Gasteiger partial charge in [-0.15, -0.1) is 11.6 Å². The van der Waals surface area contributed by atoms with Crippen molar-refractivity contribution in [1.82, 2.24) is 0 Å². The van der Waals surface area contributed by atoms with Crippen LogP contribution < -0.4 is 0 Å². The van der Waals surface area contributed by atoms with Crippen LogP contribution in [-0.2, 0) is 0 Å². The predicted molar refractivity (Wildman–Crippen MR) is 40.7 cm³/mol. The topological polar surface area (TPSA) is 13.1 Å². The lowest BCUT2D eigenvalue weighted by Crippen LogP contribution is -1.75. The molecule has 0 aromatic carbocycles. The van der Waals surface area contributed by atoms with Gasteiger partial charge in [-0.05, 0) is 35.0 Å². The van der Waals surface area contributed by atoms with Crippen molar-refractivity contribution < 1.29 is 4.42 Å². The number of alkyl halides is 1. The summed E-state index contributed by atoms with van der Waals surface area (Å²) in [6.45, 7) is 1.87. The number of rotatable bonds is 1. The van der Waals surface area contributed by atoms with Gasteiger partial charge in [0.1, 0.15) is 5.76 Å². The lowest BCUT2D eigenvalue weighted by Gasteiger charge is -1.93. The molecule has 1 aromatic heterocycles. The van der Waals surface area contributed by atoms with E-state index in [4.69, 9.17) is 16.0 Å². The van der Waals surface area contributed by atoms with E-state index in [1.54, 1.807) is 0 Å². The molecule has 0 aliphatic rings. The van der Waals surface area contributed by atoms with Crippen molar-refractivity contribution in [2.45, 2.75) is 12.3 Å². The highest BCUT2D eigenvalue weighted by atomic mass is 79.9. The van der Waals surface area contributed by atoms with Gasteiger partial charge >= 0.3 is 0 Å². The van der Waals surface area contributed by atoms with Crippen molar-refractivity contribution in [2.75, 3.05) is 0 Å². The standard InChI is InChI=1S/C6H6BrClO/c1-4(8)5-2-3-6(7)9-5/h2-4H,1H3. The van der Waals surface area contributed by atoms with Gasteiger partial charge in [-0.2, -0.15) is 0 Å². The van der Waals surface area contributed by atoms with Crippen molar-refractivity contribution >= 4 is 27.5 Å². The third-order valence-electron chi connectivity index (χ3n) is 0.986. The molecule has 0 bridgehead atoms. The minimum Gasteiger partial charge on any atom is -0.453 e. The lowest BCUT2D eigenvalue weighted by atomic mass is 10.4. The molecule has 0 saturated heterocycles. The summed E-state index contributed by atoms with van der Waals surface area (Å²) in [4.78, 5) is 0. The SMILES string of the molecule is CC(Cl)c1ccc(Br)o1. The molecule has 0 fully saturated rings. The van der Waals surface area contributed by atoms with Crippen LogP contribution in [0.4, 0.5) is 0 Å². The van der Waals surface area contributed by atoms with Gasteiger partial charge in [-0.1, -0.05) is 0 Å². The molecule has 1 heterocycles. The highest BCUT2D eigenvalue weighted by molar-refractivity contribution is 9.10. The maximum atomic E-state index is 5.70. The van der Waals surface area contributed by atoms with E-state index in [0.717, 1.165) is 10.4 Å². The zero-order chi connectivity index (χ0) is 6.85. The summed E-state index contributed by atoms with van der Waals surface area (Å²) in [6, 6.07) is 3.68. The first-order valence-corrected chi connectivity index (χ1v) is 3.82. The molecule has 0 radical (unpaired) electrons. The third kappa shape index (κ3) is 1.73. The maximum Gasteiger partial charge on any atom is 0.169 e. The van der Waals surface area contributed by atoms with Crippen LogP contribution in [0, 0.1) is 0 Å². The Labute approximate surface area is 67.1 Å². The van der Waals surface area contributed by atoms with E-state index in [9.17, 15) is 0 Å². The lowest BCUT2D eigenvalue weighted by molar-refractivity contribution is 0.489.